The van der Waals surface area contributed by atoms with Crippen LogP contribution in [0, 0.1) is 13.8 Å². The SMILES string of the molecule is Cc1cc(OCc2ccc(N)cc2Cl)cc(C)c1Cl. The summed E-state index contributed by atoms with van der Waals surface area (Å²) in [5, 5.41) is 1.39. The molecule has 0 saturated heterocycles. The molecule has 0 aliphatic carbocycles. The molecule has 2 N–H and O–H groups in total. The Morgan fingerprint density at radius 3 is 2.26 bits per heavy atom. The summed E-state index contributed by atoms with van der Waals surface area (Å²) in [6, 6.07) is 9.23. The normalized spacial score (nSPS) is 10.5. The number of rotatable bonds is 3. The van der Waals surface area contributed by atoms with E-state index in [0.29, 0.717) is 17.3 Å². The fourth-order valence-electron chi connectivity index (χ4n) is 1.83. The molecule has 0 aliphatic rings. The van der Waals surface area contributed by atoms with Gasteiger partial charge in [-0.05, 0) is 49.2 Å². The van der Waals surface area contributed by atoms with Crippen LogP contribution in [0.4, 0.5) is 5.69 Å². The van der Waals surface area contributed by atoms with Gasteiger partial charge in [0.15, 0.2) is 0 Å². The van der Waals surface area contributed by atoms with Gasteiger partial charge in [-0.15, -0.1) is 0 Å². The maximum atomic E-state index is 6.12. The maximum absolute atomic E-state index is 6.12. The van der Waals surface area contributed by atoms with Crippen molar-refractivity contribution in [1.29, 1.82) is 0 Å². The zero-order valence-corrected chi connectivity index (χ0v) is 12.3. The molecule has 0 amide bonds. The Morgan fingerprint density at radius 1 is 1.05 bits per heavy atom. The summed E-state index contributed by atoms with van der Waals surface area (Å²) in [5.41, 5.74) is 9.20. The number of nitrogen functional groups attached to an aromatic ring is 1. The molecule has 100 valence electrons. The van der Waals surface area contributed by atoms with Crippen molar-refractivity contribution >= 4 is 28.9 Å². The number of hydrogen-bond acceptors (Lipinski definition) is 2. The number of hydrogen-bond donors (Lipinski definition) is 1. The molecule has 4 heteroatoms. The van der Waals surface area contributed by atoms with E-state index in [2.05, 4.69) is 0 Å². The van der Waals surface area contributed by atoms with Crippen LogP contribution >= 0.6 is 23.2 Å². The van der Waals surface area contributed by atoms with E-state index in [0.717, 1.165) is 27.5 Å². The highest BCUT2D eigenvalue weighted by atomic mass is 35.5. The Labute approximate surface area is 123 Å². The van der Waals surface area contributed by atoms with Crippen LogP contribution in [-0.4, -0.2) is 0 Å². The van der Waals surface area contributed by atoms with Crippen LogP contribution in [0.25, 0.3) is 0 Å². The second kappa shape index (κ2) is 5.72. The third kappa shape index (κ3) is 3.34. The Kier molecular flexibility index (Phi) is 4.23. The lowest BCUT2D eigenvalue weighted by Crippen LogP contribution is -1.98. The molecule has 0 saturated carbocycles. The molecule has 0 unspecified atom stereocenters. The predicted octanol–water partition coefficient (Wildman–Crippen LogP) is 4.77. The second-order valence-electron chi connectivity index (χ2n) is 4.51. The van der Waals surface area contributed by atoms with Gasteiger partial charge in [0.05, 0.1) is 0 Å². The van der Waals surface area contributed by atoms with Crippen LogP contribution in [-0.2, 0) is 6.61 Å². The quantitative estimate of drug-likeness (QED) is 0.828. The van der Waals surface area contributed by atoms with Crippen molar-refractivity contribution in [3.05, 3.63) is 57.1 Å². The summed E-state index contributed by atoms with van der Waals surface area (Å²) >= 11 is 12.2. The lowest BCUT2D eigenvalue weighted by atomic mass is 10.1. The van der Waals surface area contributed by atoms with Gasteiger partial charge < -0.3 is 10.5 Å². The van der Waals surface area contributed by atoms with Crippen LogP contribution < -0.4 is 10.5 Å². The van der Waals surface area contributed by atoms with Gasteiger partial charge in [-0.2, -0.15) is 0 Å². The zero-order chi connectivity index (χ0) is 14.0. The minimum Gasteiger partial charge on any atom is -0.489 e. The molecule has 0 atom stereocenters. The van der Waals surface area contributed by atoms with E-state index in [4.69, 9.17) is 33.7 Å². The van der Waals surface area contributed by atoms with Crippen LogP contribution in [0.5, 0.6) is 5.75 Å². The van der Waals surface area contributed by atoms with Crippen LogP contribution in [0.15, 0.2) is 30.3 Å². The molecule has 0 aliphatic heterocycles. The van der Waals surface area contributed by atoms with Crippen molar-refractivity contribution in [3.63, 3.8) is 0 Å². The summed E-state index contributed by atoms with van der Waals surface area (Å²) in [4.78, 5) is 0. The largest absolute Gasteiger partial charge is 0.489 e. The van der Waals surface area contributed by atoms with Gasteiger partial charge >= 0.3 is 0 Å². The molecule has 19 heavy (non-hydrogen) atoms. The summed E-state index contributed by atoms with van der Waals surface area (Å²) in [6.07, 6.45) is 0. The molecule has 0 bridgehead atoms. The van der Waals surface area contributed by atoms with Gasteiger partial charge in [-0.3, -0.25) is 0 Å². The average Bonchev–Trinajstić information content (AvgIpc) is 2.34. The number of ether oxygens (including phenoxy) is 1. The van der Waals surface area contributed by atoms with E-state index >= 15 is 0 Å². The first-order valence-electron chi connectivity index (χ1n) is 5.91. The lowest BCUT2D eigenvalue weighted by Gasteiger charge is -2.11. The molecule has 0 aromatic heterocycles. The maximum Gasteiger partial charge on any atom is 0.120 e. The summed E-state index contributed by atoms with van der Waals surface area (Å²) in [7, 11) is 0. The number of aryl methyl sites for hydroxylation is 2. The number of halogens is 2. The first kappa shape index (κ1) is 14.0. The van der Waals surface area contributed by atoms with Crippen LogP contribution in [0.3, 0.4) is 0 Å². The zero-order valence-electron chi connectivity index (χ0n) is 10.8. The molecule has 2 rings (SSSR count). The highest BCUT2D eigenvalue weighted by Gasteiger charge is 2.05. The van der Waals surface area contributed by atoms with E-state index in [1.807, 2.05) is 38.1 Å². The molecule has 2 nitrogen and oxygen atoms in total. The van der Waals surface area contributed by atoms with E-state index < -0.39 is 0 Å². The van der Waals surface area contributed by atoms with Crippen LogP contribution in [0.1, 0.15) is 16.7 Å². The fourth-order valence-corrected chi connectivity index (χ4v) is 2.18. The van der Waals surface area contributed by atoms with Crippen molar-refractivity contribution < 1.29 is 4.74 Å². The Hall–Kier alpha value is -1.38. The van der Waals surface area contributed by atoms with E-state index in [1.165, 1.54) is 0 Å². The minimum absolute atomic E-state index is 0.402. The van der Waals surface area contributed by atoms with Gasteiger partial charge in [0, 0.05) is 21.3 Å². The summed E-state index contributed by atoms with van der Waals surface area (Å²) in [5.74, 6) is 0.785. The first-order valence-corrected chi connectivity index (χ1v) is 6.66. The van der Waals surface area contributed by atoms with E-state index in [-0.39, 0.29) is 0 Å². The van der Waals surface area contributed by atoms with Crippen LogP contribution in [0.2, 0.25) is 10.0 Å². The third-order valence-corrected chi connectivity index (χ3v) is 3.83. The predicted molar refractivity (Wildman–Crippen MR) is 81.1 cm³/mol. The smallest absolute Gasteiger partial charge is 0.120 e. The molecule has 2 aromatic rings. The van der Waals surface area contributed by atoms with E-state index in [1.54, 1.807) is 6.07 Å². The number of nitrogens with two attached hydrogens (primary N) is 1. The Bertz CT molecular complexity index is 588. The molecule has 0 radical (unpaired) electrons. The first-order chi connectivity index (χ1) is 8.97. The molecular formula is C15H15Cl2NO. The number of benzene rings is 2. The van der Waals surface area contributed by atoms with Gasteiger partial charge in [0.1, 0.15) is 12.4 Å². The fraction of sp³-hybridized carbons (Fsp3) is 0.200. The van der Waals surface area contributed by atoms with Gasteiger partial charge in [0.2, 0.25) is 0 Å². The molecule has 0 heterocycles. The monoisotopic (exact) mass is 295 g/mol. The standard InChI is InChI=1S/C15H15Cl2NO/c1-9-5-13(6-10(2)15(9)17)19-8-11-3-4-12(18)7-14(11)16/h3-7H,8,18H2,1-2H3. The second-order valence-corrected chi connectivity index (χ2v) is 5.30. The minimum atomic E-state index is 0.402. The highest BCUT2D eigenvalue weighted by Crippen LogP contribution is 2.27. The Balaban J connectivity index is 2.14. The third-order valence-electron chi connectivity index (χ3n) is 2.88. The Morgan fingerprint density at radius 2 is 1.68 bits per heavy atom. The summed E-state index contributed by atoms with van der Waals surface area (Å²) < 4.78 is 5.75. The topological polar surface area (TPSA) is 35.2 Å². The van der Waals surface area contributed by atoms with Crippen molar-refractivity contribution in [1.82, 2.24) is 0 Å². The molecule has 0 spiro atoms. The van der Waals surface area contributed by atoms with Crippen molar-refractivity contribution in [3.8, 4) is 5.75 Å². The molecule has 0 fully saturated rings. The molecular weight excluding hydrogens is 281 g/mol. The summed E-state index contributed by atoms with van der Waals surface area (Å²) in [6.45, 7) is 4.32. The van der Waals surface area contributed by atoms with Crippen molar-refractivity contribution in [2.24, 2.45) is 0 Å². The van der Waals surface area contributed by atoms with Gasteiger partial charge in [-0.25, -0.2) is 0 Å². The lowest BCUT2D eigenvalue weighted by molar-refractivity contribution is 0.306. The average molecular weight is 296 g/mol. The van der Waals surface area contributed by atoms with Gasteiger partial charge in [-0.1, -0.05) is 29.3 Å². The van der Waals surface area contributed by atoms with E-state index in [9.17, 15) is 0 Å². The van der Waals surface area contributed by atoms with Crippen molar-refractivity contribution in [2.45, 2.75) is 20.5 Å². The van der Waals surface area contributed by atoms with Crippen molar-refractivity contribution in [2.75, 3.05) is 5.73 Å². The van der Waals surface area contributed by atoms with Gasteiger partial charge in [0.25, 0.3) is 0 Å². The highest BCUT2D eigenvalue weighted by molar-refractivity contribution is 6.32. The number of anilines is 1. The molecule has 2 aromatic carbocycles.